The predicted molar refractivity (Wildman–Crippen MR) is 62.4 cm³/mol. The first kappa shape index (κ1) is 12.7. The van der Waals surface area contributed by atoms with Crippen LogP contribution in [0.3, 0.4) is 0 Å². The Morgan fingerprint density at radius 1 is 1.25 bits per heavy atom. The van der Waals surface area contributed by atoms with E-state index in [1.807, 2.05) is 6.07 Å². The number of aliphatic carboxylic acids is 1. The highest BCUT2D eigenvalue weighted by molar-refractivity contribution is 5.74. The summed E-state index contributed by atoms with van der Waals surface area (Å²) in [4.78, 5) is 10.7. The van der Waals surface area contributed by atoms with Crippen molar-refractivity contribution in [2.45, 2.75) is 38.7 Å². The van der Waals surface area contributed by atoms with Gasteiger partial charge in [-0.25, -0.2) is 4.79 Å². The maximum Gasteiger partial charge on any atom is 0.337 e. The Bertz CT molecular complexity index is 356. The van der Waals surface area contributed by atoms with Crippen molar-refractivity contribution in [2.75, 3.05) is 0 Å². The van der Waals surface area contributed by atoms with Crippen molar-refractivity contribution in [3.05, 3.63) is 35.4 Å². The van der Waals surface area contributed by atoms with E-state index in [4.69, 9.17) is 5.11 Å². The van der Waals surface area contributed by atoms with Crippen LogP contribution >= 0.6 is 0 Å². The van der Waals surface area contributed by atoms with Crippen molar-refractivity contribution in [3.8, 4) is 0 Å². The summed E-state index contributed by atoms with van der Waals surface area (Å²) >= 11 is 0. The van der Waals surface area contributed by atoms with Gasteiger partial charge < -0.3 is 10.2 Å². The fourth-order valence-electron chi connectivity index (χ4n) is 1.89. The second kappa shape index (κ2) is 5.66. The molecule has 0 aliphatic heterocycles. The molecule has 0 fully saturated rings. The minimum atomic E-state index is -1.42. The number of rotatable bonds is 5. The summed E-state index contributed by atoms with van der Waals surface area (Å²) in [5.41, 5.74) is 1.56. The molecular formula is C13H18O3. The van der Waals surface area contributed by atoms with Crippen LogP contribution in [0.5, 0.6) is 0 Å². The number of benzene rings is 1. The molecule has 1 atom stereocenters. The average molecular weight is 222 g/mol. The average Bonchev–Trinajstić information content (AvgIpc) is 2.30. The normalized spacial score (nSPS) is 12.8. The van der Waals surface area contributed by atoms with E-state index < -0.39 is 12.1 Å². The molecule has 0 bridgehead atoms. The second-order valence-electron chi connectivity index (χ2n) is 3.92. The monoisotopic (exact) mass is 222 g/mol. The van der Waals surface area contributed by atoms with Gasteiger partial charge in [-0.05, 0) is 29.9 Å². The highest BCUT2D eigenvalue weighted by atomic mass is 16.4. The van der Waals surface area contributed by atoms with Gasteiger partial charge in [0.1, 0.15) is 0 Å². The van der Waals surface area contributed by atoms with Crippen LogP contribution in [-0.2, 0) is 4.79 Å². The van der Waals surface area contributed by atoms with E-state index in [2.05, 4.69) is 13.8 Å². The number of carboxylic acid groups (broad SMARTS) is 1. The smallest absolute Gasteiger partial charge is 0.337 e. The fourth-order valence-corrected chi connectivity index (χ4v) is 1.89. The number of hydrogen-bond acceptors (Lipinski definition) is 2. The van der Waals surface area contributed by atoms with Gasteiger partial charge in [-0.1, -0.05) is 38.1 Å². The standard InChI is InChI=1S/C13H18O3/c1-3-9(4-2)10-6-5-7-11(8-10)12(14)13(15)16/h5-9,12,14H,3-4H2,1-2H3,(H,15,16). The molecule has 3 heteroatoms. The Labute approximate surface area is 95.7 Å². The van der Waals surface area contributed by atoms with Crippen LogP contribution in [0.25, 0.3) is 0 Å². The number of carboxylic acids is 1. The molecule has 1 aromatic carbocycles. The maximum atomic E-state index is 10.7. The van der Waals surface area contributed by atoms with Crippen LogP contribution in [0.15, 0.2) is 24.3 Å². The lowest BCUT2D eigenvalue weighted by Gasteiger charge is -2.15. The zero-order valence-corrected chi connectivity index (χ0v) is 9.68. The van der Waals surface area contributed by atoms with Crippen molar-refractivity contribution < 1.29 is 15.0 Å². The van der Waals surface area contributed by atoms with Gasteiger partial charge in [0, 0.05) is 0 Å². The summed E-state index contributed by atoms with van der Waals surface area (Å²) in [5.74, 6) is -0.775. The van der Waals surface area contributed by atoms with Crippen LogP contribution < -0.4 is 0 Å². The molecule has 0 heterocycles. The van der Waals surface area contributed by atoms with E-state index in [1.54, 1.807) is 18.2 Å². The number of aliphatic hydroxyl groups is 1. The summed E-state index contributed by atoms with van der Waals surface area (Å²) in [6, 6.07) is 7.21. The molecule has 0 spiro atoms. The van der Waals surface area contributed by atoms with Gasteiger partial charge in [-0.15, -0.1) is 0 Å². The van der Waals surface area contributed by atoms with Crippen molar-refractivity contribution in [1.82, 2.24) is 0 Å². The molecule has 0 aromatic heterocycles. The maximum absolute atomic E-state index is 10.7. The van der Waals surface area contributed by atoms with Gasteiger partial charge in [0.25, 0.3) is 0 Å². The summed E-state index contributed by atoms with van der Waals surface area (Å²) in [6.45, 7) is 4.21. The largest absolute Gasteiger partial charge is 0.479 e. The van der Waals surface area contributed by atoms with Gasteiger partial charge in [0.05, 0.1) is 0 Å². The molecule has 0 saturated heterocycles. The highest BCUT2D eigenvalue weighted by Crippen LogP contribution is 2.25. The van der Waals surface area contributed by atoms with E-state index in [-0.39, 0.29) is 0 Å². The molecule has 0 radical (unpaired) electrons. The third kappa shape index (κ3) is 2.83. The van der Waals surface area contributed by atoms with Crippen molar-refractivity contribution in [3.63, 3.8) is 0 Å². The van der Waals surface area contributed by atoms with Crippen LogP contribution in [0.2, 0.25) is 0 Å². The van der Waals surface area contributed by atoms with Crippen molar-refractivity contribution in [1.29, 1.82) is 0 Å². The lowest BCUT2D eigenvalue weighted by Crippen LogP contribution is -2.11. The zero-order chi connectivity index (χ0) is 12.1. The topological polar surface area (TPSA) is 57.5 Å². The minimum Gasteiger partial charge on any atom is -0.479 e. The molecule has 1 rings (SSSR count). The Morgan fingerprint density at radius 2 is 1.81 bits per heavy atom. The first-order valence-electron chi connectivity index (χ1n) is 5.60. The third-order valence-corrected chi connectivity index (χ3v) is 2.92. The van der Waals surface area contributed by atoms with Crippen LogP contribution in [-0.4, -0.2) is 16.2 Å². The molecule has 88 valence electrons. The molecular weight excluding hydrogens is 204 g/mol. The SMILES string of the molecule is CCC(CC)c1cccc(C(O)C(=O)O)c1. The summed E-state index contributed by atoms with van der Waals surface area (Å²) in [6.07, 6.45) is 0.612. The molecule has 2 N–H and O–H groups in total. The number of carbonyl (C=O) groups is 1. The molecule has 0 saturated carbocycles. The van der Waals surface area contributed by atoms with Gasteiger partial charge in [0.2, 0.25) is 0 Å². The fraction of sp³-hybridized carbons (Fsp3) is 0.462. The molecule has 1 aromatic rings. The Kier molecular flexibility index (Phi) is 4.50. The lowest BCUT2D eigenvalue weighted by atomic mass is 9.92. The second-order valence-corrected chi connectivity index (χ2v) is 3.92. The third-order valence-electron chi connectivity index (χ3n) is 2.92. The van der Waals surface area contributed by atoms with Gasteiger partial charge in [-0.2, -0.15) is 0 Å². The van der Waals surface area contributed by atoms with E-state index in [1.165, 1.54) is 0 Å². The van der Waals surface area contributed by atoms with Gasteiger partial charge in [-0.3, -0.25) is 0 Å². The Morgan fingerprint density at radius 3 is 2.31 bits per heavy atom. The quantitative estimate of drug-likeness (QED) is 0.805. The minimum absolute atomic E-state index is 0.431. The first-order chi connectivity index (χ1) is 7.60. The number of hydrogen-bond donors (Lipinski definition) is 2. The first-order valence-corrected chi connectivity index (χ1v) is 5.60. The molecule has 0 amide bonds. The number of aliphatic hydroxyl groups excluding tert-OH is 1. The Hall–Kier alpha value is -1.35. The van der Waals surface area contributed by atoms with Crippen LogP contribution in [0.4, 0.5) is 0 Å². The molecule has 0 aliphatic carbocycles. The summed E-state index contributed by atoms with van der Waals surface area (Å²) in [5, 5.41) is 18.2. The van der Waals surface area contributed by atoms with E-state index in [9.17, 15) is 9.90 Å². The molecule has 0 aliphatic rings. The van der Waals surface area contributed by atoms with Gasteiger partial charge in [0.15, 0.2) is 6.10 Å². The van der Waals surface area contributed by atoms with Crippen molar-refractivity contribution in [2.24, 2.45) is 0 Å². The van der Waals surface area contributed by atoms with Crippen molar-refractivity contribution >= 4 is 5.97 Å². The molecule has 1 unspecified atom stereocenters. The van der Waals surface area contributed by atoms with E-state index in [0.717, 1.165) is 18.4 Å². The lowest BCUT2D eigenvalue weighted by molar-refractivity contribution is -0.146. The zero-order valence-electron chi connectivity index (χ0n) is 9.68. The van der Waals surface area contributed by atoms with Crippen LogP contribution in [0, 0.1) is 0 Å². The predicted octanol–water partition coefficient (Wildman–Crippen LogP) is 2.71. The Balaban J connectivity index is 2.98. The molecule has 3 nitrogen and oxygen atoms in total. The van der Waals surface area contributed by atoms with E-state index in [0.29, 0.717) is 11.5 Å². The highest BCUT2D eigenvalue weighted by Gasteiger charge is 2.17. The van der Waals surface area contributed by atoms with Gasteiger partial charge >= 0.3 is 5.97 Å². The van der Waals surface area contributed by atoms with E-state index >= 15 is 0 Å². The summed E-state index contributed by atoms with van der Waals surface area (Å²) in [7, 11) is 0. The summed E-state index contributed by atoms with van der Waals surface area (Å²) < 4.78 is 0. The molecule has 16 heavy (non-hydrogen) atoms. The van der Waals surface area contributed by atoms with Crippen LogP contribution in [0.1, 0.15) is 49.8 Å².